The smallest absolute Gasteiger partial charge is 0.0932 e. The van der Waals surface area contributed by atoms with Gasteiger partial charge in [-0.05, 0) is 30.9 Å². The van der Waals surface area contributed by atoms with E-state index < -0.39 is 0 Å². The molecule has 1 aliphatic rings. The molecule has 0 bridgehead atoms. The Morgan fingerprint density at radius 2 is 1.88 bits per heavy atom. The molecule has 0 saturated carbocycles. The standard InChI is InChI=1S/C17H18N.C4H11NO2.W/c1-2-13-9-6-10-14-11-12-18-17(16(13)14)15-7-4-3-5-8-15;1-4(7)2-5-3-6;/h3-10,17H,2,11-12H2,1H3;4-7H,2-3H2,1H3;/q-1;;. The van der Waals surface area contributed by atoms with Crippen LogP contribution in [0.1, 0.15) is 42.1 Å². The fourth-order valence-corrected chi connectivity index (χ4v) is 3.13. The quantitative estimate of drug-likeness (QED) is 0.526. The van der Waals surface area contributed by atoms with Crippen molar-refractivity contribution in [2.24, 2.45) is 0 Å². The summed E-state index contributed by atoms with van der Waals surface area (Å²) in [4.78, 5) is 0. The zero-order valence-electron chi connectivity index (χ0n) is 15.6. The first-order valence-electron chi connectivity index (χ1n) is 8.99. The van der Waals surface area contributed by atoms with Gasteiger partial charge in [-0.3, -0.25) is 5.32 Å². The Hall–Kier alpha value is -1.03. The number of hydrogen-bond acceptors (Lipinski definition) is 3. The Morgan fingerprint density at radius 3 is 2.46 bits per heavy atom. The summed E-state index contributed by atoms with van der Waals surface area (Å²) >= 11 is 0. The monoisotopic (exact) mass is 525 g/mol. The SMILES string of the molecule is CC(O)CNCO.CCc1cccc2c1C(c1ccccc1)[N-]CC2.[W]. The van der Waals surface area contributed by atoms with Gasteiger partial charge in [-0.1, -0.05) is 72.6 Å². The summed E-state index contributed by atoms with van der Waals surface area (Å²) in [5, 5.41) is 24.0. The molecule has 142 valence electrons. The molecule has 26 heavy (non-hydrogen) atoms. The van der Waals surface area contributed by atoms with Gasteiger partial charge in [0.1, 0.15) is 0 Å². The van der Waals surface area contributed by atoms with Gasteiger partial charge in [0, 0.05) is 27.6 Å². The molecule has 4 nitrogen and oxygen atoms in total. The molecule has 3 N–H and O–H groups in total. The third-order valence-electron chi connectivity index (χ3n) is 4.30. The summed E-state index contributed by atoms with van der Waals surface area (Å²) in [6.07, 6.45) is 1.81. The van der Waals surface area contributed by atoms with E-state index in [0.29, 0.717) is 6.54 Å². The van der Waals surface area contributed by atoms with Crippen LogP contribution in [0.3, 0.4) is 0 Å². The van der Waals surface area contributed by atoms with Crippen LogP contribution >= 0.6 is 0 Å². The summed E-state index contributed by atoms with van der Waals surface area (Å²) in [6, 6.07) is 17.6. The van der Waals surface area contributed by atoms with Crippen LogP contribution in [0.5, 0.6) is 0 Å². The van der Waals surface area contributed by atoms with Crippen LogP contribution in [-0.2, 0) is 33.9 Å². The first kappa shape index (κ1) is 23.0. The van der Waals surface area contributed by atoms with E-state index in [1.807, 2.05) is 0 Å². The molecule has 2 aromatic carbocycles. The van der Waals surface area contributed by atoms with Gasteiger partial charge in [-0.15, -0.1) is 6.54 Å². The van der Waals surface area contributed by atoms with Crippen molar-refractivity contribution < 1.29 is 31.3 Å². The van der Waals surface area contributed by atoms with Gasteiger partial charge in [0.15, 0.2) is 0 Å². The maximum atomic E-state index is 8.51. The molecule has 1 aliphatic heterocycles. The van der Waals surface area contributed by atoms with E-state index in [9.17, 15) is 0 Å². The maximum Gasteiger partial charge on any atom is 0.0932 e. The summed E-state index contributed by atoms with van der Waals surface area (Å²) in [5.41, 5.74) is 5.71. The zero-order valence-corrected chi connectivity index (χ0v) is 18.5. The number of benzene rings is 2. The van der Waals surface area contributed by atoms with Crippen molar-refractivity contribution >= 4 is 0 Å². The van der Waals surface area contributed by atoms with Gasteiger partial charge in [0.2, 0.25) is 0 Å². The third kappa shape index (κ3) is 6.60. The molecular weight excluding hydrogens is 496 g/mol. The minimum absolute atomic E-state index is 0. The van der Waals surface area contributed by atoms with Crippen molar-refractivity contribution in [1.29, 1.82) is 0 Å². The van der Waals surface area contributed by atoms with Crippen LogP contribution in [0.2, 0.25) is 0 Å². The Labute approximate surface area is 171 Å². The van der Waals surface area contributed by atoms with Gasteiger partial charge >= 0.3 is 0 Å². The number of aliphatic hydroxyl groups excluding tert-OH is 2. The molecule has 0 aromatic heterocycles. The van der Waals surface area contributed by atoms with Crippen LogP contribution in [0.15, 0.2) is 48.5 Å². The van der Waals surface area contributed by atoms with E-state index in [0.717, 1.165) is 19.4 Å². The van der Waals surface area contributed by atoms with E-state index >= 15 is 0 Å². The zero-order chi connectivity index (χ0) is 18.1. The maximum absolute atomic E-state index is 8.51. The fourth-order valence-electron chi connectivity index (χ4n) is 3.13. The van der Waals surface area contributed by atoms with Crippen LogP contribution in [0.4, 0.5) is 0 Å². The van der Waals surface area contributed by atoms with E-state index in [1.54, 1.807) is 6.92 Å². The van der Waals surface area contributed by atoms with E-state index in [2.05, 4.69) is 60.8 Å². The molecule has 2 atom stereocenters. The number of nitrogens with one attached hydrogen (secondary N) is 1. The van der Waals surface area contributed by atoms with Crippen molar-refractivity contribution in [3.8, 4) is 0 Å². The van der Waals surface area contributed by atoms with Crippen molar-refractivity contribution in [2.75, 3.05) is 19.8 Å². The molecule has 0 amide bonds. The van der Waals surface area contributed by atoms with Gasteiger partial charge in [-0.25, -0.2) is 0 Å². The largest absolute Gasteiger partial charge is 0.652 e. The fraction of sp³-hybridized carbons (Fsp3) is 0.429. The topological polar surface area (TPSA) is 66.6 Å². The second-order valence-electron chi connectivity index (χ2n) is 6.27. The van der Waals surface area contributed by atoms with E-state index in [-0.39, 0.29) is 39.9 Å². The average molecular weight is 525 g/mol. The number of aliphatic hydroxyl groups is 2. The number of fused-ring (bicyclic) bond motifs is 1. The third-order valence-corrected chi connectivity index (χ3v) is 4.30. The van der Waals surface area contributed by atoms with Crippen LogP contribution in [0, 0.1) is 0 Å². The molecular formula is C21H29N2O2W-. The van der Waals surface area contributed by atoms with Crippen molar-refractivity contribution in [3.05, 3.63) is 76.1 Å². The molecule has 0 radical (unpaired) electrons. The normalized spacial score (nSPS) is 16.5. The molecule has 2 unspecified atom stereocenters. The first-order chi connectivity index (χ1) is 12.2. The molecule has 5 heteroatoms. The Balaban J connectivity index is 0.000000366. The Morgan fingerprint density at radius 1 is 1.15 bits per heavy atom. The molecule has 2 aromatic rings. The number of hydrogen-bond donors (Lipinski definition) is 3. The van der Waals surface area contributed by atoms with Crippen molar-refractivity contribution in [3.63, 3.8) is 0 Å². The Kier molecular flexibility index (Phi) is 10.9. The second-order valence-corrected chi connectivity index (χ2v) is 6.27. The average Bonchev–Trinajstić information content (AvgIpc) is 2.66. The van der Waals surface area contributed by atoms with Crippen LogP contribution in [0.25, 0.3) is 5.32 Å². The minimum Gasteiger partial charge on any atom is -0.652 e. The second kappa shape index (κ2) is 12.4. The van der Waals surface area contributed by atoms with Crippen LogP contribution in [-0.4, -0.2) is 36.1 Å². The summed E-state index contributed by atoms with van der Waals surface area (Å²) in [6.45, 7) is 5.22. The van der Waals surface area contributed by atoms with Gasteiger partial charge in [-0.2, -0.15) is 0 Å². The Bertz CT molecular complexity index is 621. The van der Waals surface area contributed by atoms with Gasteiger partial charge < -0.3 is 15.5 Å². The minimum atomic E-state index is -0.368. The molecule has 3 rings (SSSR count). The molecule has 0 spiro atoms. The molecule has 0 aliphatic carbocycles. The summed E-state index contributed by atoms with van der Waals surface area (Å²) in [5.74, 6) is 0. The number of rotatable bonds is 5. The predicted molar refractivity (Wildman–Crippen MR) is 103 cm³/mol. The van der Waals surface area contributed by atoms with Gasteiger partial charge in [0.05, 0.1) is 12.8 Å². The van der Waals surface area contributed by atoms with Crippen molar-refractivity contribution in [2.45, 2.75) is 38.8 Å². The predicted octanol–water partition coefficient (Wildman–Crippen LogP) is 3.17. The van der Waals surface area contributed by atoms with Crippen LogP contribution < -0.4 is 5.32 Å². The summed E-state index contributed by atoms with van der Waals surface area (Å²) in [7, 11) is 0. The van der Waals surface area contributed by atoms with E-state index in [1.165, 1.54) is 22.3 Å². The molecule has 0 fully saturated rings. The molecule has 0 saturated heterocycles. The number of nitrogens with zero attached hydrogens (tertiary/aromatic N) is 1. The first-order valence-corrected chi connectivity index (χ1v) is 8.99. The molecule has 1 heterocycles. The van der Waals surface area contributed by atoms with E-state index in [4.69, 9.17) is 15.5 Å². The van der Waals surface area contributed by atoms with Crippen molar-refractivity contribution in [1.82, 2.24) is 5.32 Å². The number of aryl methyl sites for hydroxylation is 1. The summed E-state index contributed by atoms with van der Waals surface area (Å²) < 4.78 is 0. The van der Waals surface area contributed by atoms with Gasteiger partial charge in [0.25, 0.3) is 0 Å².